The molecule has 0 amide bonds. The van der Waals surface area contributed by atoms with Crippen molar-refractivity contribution >= 4 is 22.4 Å². The molecule has 3 rings (SSSR count). The average Bonchev–Trinajstić information content (AvgIpc) is 2.64. The lowest BCUT2D eigenvalue weighted by Gasteiger charge is -2.22. The lowest BCUT2D eigenvalue weighted by molar-refractivity contribution is 0.144. The molecule has 0 spiro atoms. The number of nitrogens with one attached hydrogen (secondary N) is 1. The highest BCUT2D eigenvalue weighted by atomic mass is 16.3. The predicted molar refractivity (Wildman–Crippen MR) is 80.5 cm³/mol. The number of hydrogen-bond donors (Lipinski definition) is 3. The zero-order valence-corrected chi connectivity index (χ0v) is 11.4. The molecule has 1 aliphatic carbocycles. The molecule has 1 saturated carbocycles. The highest BCUT2D eigenvalue weighted by molar-refractivity contribution is 5.90. The van der Waals surface area contributed by atoms with E-state index in [9.17, 15) is 5.11 Å². The number of fused-ring (bicyclic) bond motifs is 1. The fraction of sp³-hybridized carbons (Fsp3) is 0.467. The minimum absolute atomic E-state index is 0.0631. The molecule has 2 aromatic rings. The van der Waals surface area contributed by atoms with Gasteiger partial charge in [-0.2, -0.15) is 0 Å². The van der Waals surface area contributed by atoms with Crippen LogP contribution in [-0.4, -0.2) is 27.2 Å². The predicted octanol–water partition coefficient (Wildman–Crippen LogP) is 2.32. The lowest BCUT2D eigenvalue weighted by Crippen LogP contribution is -2.32. The van der Waals surface area contributed by atoms with Crippen LogP contribution in [0.3, 0.4) is 0 Å². The summed E-state index contributed by atoms with van der Waals surface area (Å²) in [7, 11) is 0. The van der Waals surface area contributed by atoms with Gasteiger partial charge in [0, 0.05) is 11.1 Å². The van der Waals surface area contributed by atoms with Crippen LogP contribution in [0.4, 0.5) is 11.5 Å². The smallest absolute Gasteiger partial charge is 0.137 e. The van der Waals surface area contributed by atoms with Gasteiger partial charge in [-0.1, -0.05) is 19.3 Å². The Kier molecular flexibility index (Phi) is 3.69. The number of aliphatic hydroxyl groups is 1. The topological polar surface area (TPSA) is 84.1 Å². The van der Waals surface area contributed by atoms with E-state index >= 15 is 0 Å². The van der Waals surface area contributed by atoms with E-state index in [0.717, 1.165) is 42.4 Å². The molecular formula is C15H20N4O. The van der Waals surface area contributed by atoms with Crippen molar-refractivity contribution < 1.29 is 5.11 Å². The Morgan fingerprint density at radius 3 is 2.90 bits per heavy atom. The van der Waals surface area contributed by atoms with Gasteiger partial charge < -0.3 is 16.2 Å². The molecule has 1 aromatic heterocycles. The van der Waals surface area contributed by atoms with Crippen molar-refractivity contribution in [3.8, 4) is 0 Å². The maximum atomic E-state index is 10.2. The lowest BCUT2D eigenvalue weighted by atomic mass is 10.1. The first-order chi connectivity index (χ1) is 9.74. The van der Waals surface area contributed by atoms with Gasteiger partial charge in [-0.15, -0.1) is 0 Å². The van der Waals surface area contributed by atoms with E-state index < -0.39 is 0 Å². The van der Waals surface area contributed by atoms with Gasteiger partial charge in [-0.25, -0.2) is 9.97 Å². The van der Waals surface area contributed by atoms with Crippen LogP contribution in [0.25, 0.3) is 10.9 Å². The molecule has 0 saturated heterocycles. The number of aromatic nitrogens is 2. The van der Waals surface area contributed by atoms with E-state index in [1.54, 1.807) is 0 Å². The van der Waals surface area contributed by atoms with Crippen LogP contribution in [-0.2, 0) is 0 Å². The van der Waals surface area contributed by atoms with Crippen LogP contribution < -0.4 is 11.1 Å². The summed E-state index contributed by atoms with van der Waals surface area (Å²) in [6.07, 6.45) is 6.49. The van der Waals surface area contributed by atoms with Crippen molar-refractivity contribution in [2.75, 3.05) is 11.1 Å². The van der Waals surface area contributed by atoms with Crippen LogP contribution in [0.1, 0.15) is 32.1 Å². The van der Waals surface area contributed by atoms with E-state index in [-0.39, 0.29) is 12.1 Å². The first kappa shape index (κ1) is 13.1. The number of nitrogen functional groups attached to an aromatic ring is 1. The van der Waals surface area contributed by atoms with Gasteiger partial charge in [0.2, 0.25) is 0 Å². The number of aliphatic hydroxyl groups excluding tert-OH is 1. The van der Waals surface area contributed by atoms with Crippen molar-refractivity contribution in [1.29, 1.82) is 0 Å². The number of nitrogens with zero attached hydrogens (tertiary/aromatic N) is 2. The van der Waals surface area contributed by atoms with Gasteiger partial charge in [0.1, 0.15) is 12.1 Å². The monoisotopic (exact) mass is 272 g/mol. The van der Waals surface area contributed by atoms with Gasteiger partial charge in [0.25, 0.3) is 0 Å². The van der Waals surface area contributed by atoms with Gasteiger partial charge in [-0.3, -0.25) is 0 Å². The molecule has 5 heteroatoms. The summed E-state index contributed by atoms with van der Waals surface area (Å²) in [5.41, 5.74) is 7.30. The summed E-state index contributed by atoms with van der Waals surface area (Å²) in [5, 5.41) is 14.5. The second kappa shape index (κ2) is 5.63. The van der Waals surface area contributed by atoms with Gasteiger partial charge >= 0.3 is 0 Å². The third-order valence-corrected chi connectivity index (χ3v) is 3.96. The van der Waals surface area contributed by atoms with Gasteiger partial charge in [-0.05, 0) is 31.0 Å². The Hall–Kier alpha value is -1.88. The van der Waals surface area contributed by atoms with Crippen LogP contribution in [0.2, 0.25) is 0 Å². The Balaban J connectivity index is 1.90. The zero-order chi connectivity index (χ0) is 13.9. The summed E-state index contributed by atoms with van der Waals surface area (Å²) in [5.74, 6) is 0.779. The van der Waals surface area contributed by atoms with Crippen molar-refractivity contribution in [3.05, 3.63) is 24.5 Å². The molecule has 5 nitrogen and oxygen atoms in total. The molecule has 20 heavy (non-hydrogen) atoms. The fourth-order valence-corrected chi connectivity index (χ4v) is 2.82. The van der Waals surface area contributed by atoms with Crippen LogP contribution >= 0.6 is 0 Å². The van der Waals surface area contributed by atoms with Gasteiger partial charge in [0.05, 0.1) is 17.7 Å². The average molecular weight is 272 g/mol. The van der Waals surface area contributed by atoms with E-state index in [2.05, 4.69) is 15.3 Å². The minimum Gasteiger partial charge on any atom is -0.399 e. The normalized spacial score (nSPS) is 23.4. The molecule has 2 unspecified atom stereocenters. The molecule has 2 atom stereocenters. The Morgan fingerprint density at radius 1 is 1.15 bits per heavy atom. The van der Waals surface area contributed by atoms with Crippen molar-refractivity contribution in [2.45, 2.75) is 44.2 Å². The van der Waals surface area contributed by atoms with Crippen molar-refractivity contribution in [2.24, 2.45) is 0 Å². The highest BCUT2D eigenvalue weighted by Crippen LogP contribution is 2.25. The molecule has 0 radical (unpaired) electrons. The quantitative estimate of drug-likeness (QED) is 0.577. The molecule has 0 aliphatic heterocycles. The molecule has 1 heterocycles. The standard InChI is InChI=1S/C15H20N4O/c16-10-6-7-11-13(8-10)17-9-18-15(11)19-12-4-2-1-3-5-14(12)20/h6-9,12,14,20H,1-5,16H2,(H,17,18,19). The molecule has 1 aliphatic rings. The summed E-state index contributed by atoms with van der Waals surface area (Å²) in [6, 6.07) is 5.68. The van der Waals surface area contributed by atoms with Crippen LogP contribution in [0.15, 0.2) is 24.5 Å². The van der Waals surface area contributed by atoms with Crippen molar-refractivity contribution in [3.63, 3.8) is 0 Å². The van der Waals surface area contributed by atoms with Crippen LogP contribution in [0, 0.1) is 0 Å². The summed E-state index contributed by atoms with van der Waals surface area (Å²) in [4.78, 5) is 8.56. The minimum atomic E-state index is -0.309. The molecule has 1 aromatic carbocycles. The largest absolute Gasteiger partial charge is 0.399 e. The second-order valence-electron chi connectivity index (χ2n) is 5.46. The molecule has 1 fully saturated rings. The summed E-state index contributed by atoms with van der Waals surface area (Å²) in [6.45, 7) is 0. The van der Waals surface area contributed by atoms with E-state index in [4.69, 9.17) is 5.73 Å². The molecular weight excluding hydrogens is 252 g/mol. The highest BCUT2D eigenvalue weighted by Gasteiger charge is 2.22. The van der Waals surface area contributed by atoms with Crippen molar-refractivity contribution in [1.82, 2.24) is 9.97 Å². The third-order valence-electron chi connectivity index (χ3n) is 3.96. The second-order valence-corrected chi connectivity index (χ2v) is 5.46. The number of benzene rings is 1. The maximum absolute atomic E-state index is 10.2. The number of rotatable bonds is 2. The number of nitrogens with two attached hydrogens (primary N) is 1. The Morgan fingerprint density at radius 2 is 2.00 bits per heavy atom. The first-order valence-corrected chi connectivity index (χ1v) is 7.19. The summed E-state index contributed by atoms with van der Waals surface area (Å²) >= 11 is 0. The van der Waals surface area contributed by atoms with E-state index in [1.165, 1.54) is 12.7 Å². The van der Waals surface area contributed by atoms with Crippen LogP contribution in [0.5, 0.6) is 0 Å². The fourth-order valence-electron chi connectivity index (χ4n) is 2.82. The SMILES string of the molecule is Nc1ccc2c(NC3CCCCCC3O)ncnc2c1. The Bertz CT molecular complexity index is 601. The third kappa shape index (κ3) is 2.67. The molecule has 4 N–H and O–H groups in total. The molecule has 106 valence electrons. The summed E-state index contributed by atoms with van der Waals surface area (Å²) < 4.78 is 0. The number of anilines is 2. The molecule has 0 bridgehead atoms. The maximum Gasteiger partial charge on any atom is 0.137 e. The van der Waals surface area contributed by atoms with E-state index in [0.29, 0.717) is 5.69 Å². The van der Waals surface area contributed by atoms with Gasteiger partial charge in [0.15, 0.2) is 0 Å². The number of hydrogen-bond acceptors (Lipinski definition) is 5. The van der Waals surface area contributed by atoms with E-state index in [1.807, 2.05) is 18.2 Å². The zero-order valence-electron chi connectivity index (χ0n) is 11.4. The Labute approximate surface area is 118 Å². The first-order valence-electron chi connectivity index (χ1n) is 7.19.